The number of imidazole rings is 2. The van der Waals surface area contributed by atoms with E-state index in [-0.39, 0.29) is 35.7 Å². The van der Waals surface area contributed by atoms with Crippen LogP contribution >= 0.6 is 0 Å². The van der Waals surface area contributed by atoms with Gasteiger partial charge in [-0.25, -0.2) is 19.6 Å². The highest BCUT2D eigenvalue weighted by Gasteiger charge is 2.41. The van der Waals surface area contributed by atoms with Gasteiger partial charge in [0.1, 0.15) is 23.7 Å². The van der Waals surface area contributed by atoms with Crippen molar-refractivity contribution in [2.24, 2.45) is 11.8 Å². The maximum atomic E-state index is 14.0. The number of rotatable bonds is 11. The van der Waals surface area contributed by atoms with E-state index in [0.717, 1.165) is 70.4 Å². The second kappa shape index (κ2) is 18.1. The van der Waals surface area contributed by atoms with Gasteiger partial charge in [0, 0.05) is 60.8 Å². The standard InChI is InChI=1S/C44H52N10O7/c1-25(2)37(51-43(57)59-3)41(55)53-15-5-7-35(53)40-48-24-34(50-40)30-19-27-9-10-28(20-32(27)46-22-30)31-12-11-29(21-45-31)33-23-47-39(49-33)36-8-6-16-54(36)42(56)38(52-44(58)60-4)26-13-17-61-18-14-26/h9-12,19-26,35-38H,5-8,13-18H2,1-4H3,(H,47,49)(H,48,50)(H,51,57)(H,52,58)/t35-,36-,37-,38-/m0/s1. The number of ether oxygens (including phenoxy) is 3. The quantitative estimate of drug-likeness (QED) is 0.123. The van der Waals surface area contributed by atoms with E-state index in [1.165, 1.54) is 14.2 Å². The summed E-state index contributed by atoms with van der Waals surface area (Å²) in [4.78, 5) is 81.2. The molecule has 5 aromatic rings. The number of carbonyl (C=O) groups is 4. The van der Waals surface area contributed by atoms with Gasteiger partial charge in [-0.3, -0.25) is 19.6 Å². The van der Waals surface area contributed by atoms with E-state index in [4.69, 9.17) is 29.2 Å². The molecule has 17 heteroatoms. The second-order valence-electron chi connectivity index (χ2n) is 16.2. The number of nitrogens with one attached hydrogen (secondary N) is 4. The lowest BCUT2D eigenvalue weighted by atomic mass is 9.90. The third kappa shape index (κ3) is 8.78. The van der Waals surface area contributed by atoms with Crippen LogP contribution in [0.25, 0.3) is 44.7 Å². The van der Waals surface area contributed by atoms with Crippen LogP contribution in [0.15, 0.2) is 61.2 Å². The third-order valence-corrected chi connectivity index (χ3v) is 12.1. The molecule has 4 N–H and O–H groups in total. The number of benzene rings is 1. The van der Waals surface area contributed by atoms with Gasteiger partial charge in [-0.2, -0.15) is 0 Å². The number of methoxy groups -OCH3 is 2. The summed E-state index contributed by atoms with van der Waals surface area (Å²) in [6.07, 6.45) is 10.4. The fraction of sp³-hybridized carbons (Fsp3) is 0.455. The number of H-pyrrole nitrogens is 2. The summed E-state index contributed by atoms with van der Waals surface area (Å²) in [6.45, 7) is 6.04. The lowest BCUT2D eigenvalue weighted by molar-refractivity contribution is -0.137. The molecule has 17 nitrogen and oxygen atoms in total. The van der Waals surface area contributed by atoms with E-state index in [0.29, 0.717) is 50.8 Å². The van der Waals surface area contributed by atoms with Gasteiger partial charge in [-0.1, -0.05) is 26.0 Å². The molecule has 0 bridgehead atoms. The van der Waals surface area contributed by atoms with E-state index in [9.17, 15) is 19.2 Å². The number of hydrogen-bond acceptors (Lipinski definition) is 11. The average molecular weight is 833 g/mol. The van der Waals surface area contributed by atoms with Crippen LogP contribution in [-0.2, 0) is 23.8 Å². The molecular weight excluding hydrogens is 781 g/mol. The van der Waals surface area contributed by atoms with Crippen molar-refractivity contribution < 1.29 is 33.4 Å². The zero-order valence-corrected chi connectivity index (χ0v) is 34.8. The number of nitrogens with zero attached hydrogens (tertiary/aromatic N) is 6. The minimum Gasteiger partial charge on any atom is -0.453 e. The first-order valence-corrected chi connectivity index (χ1v) is 21.0. The number of carbonyl (C=O) groups excluding carboxylic acids is 4. The van der Waals surface area contributed by atoms with Gasteiger partial charge < -0.3 is 44.6 Å². The van der Waals surface area contributed by atoms with Crippen LogP contribution in [0.1, 0.15) is 76.1 Å². The van der Waals surface area contributed by atoms with Crippen LogP contribution in [0.3, 0.4) is 0 Å². The molecule has 7 heterocycles. The molecule has 3 aliphatic rings. The monoisotopic (exact) mass is 832 g/mol. The van der Waals surface area contributed by atoms with Gasteiger partial charge in [0.05, 0.1) is 61.3 Å². The second-order valence-corrected chi connectivity index (χ2v) is 16.2. The van der Waals surface area contributed by atoms with Gasteiger partial charge in [0.2, 0.25) is 11.8 Å². The number of hydrogen-bond donors (Lipinski definition) is 4. The molecule has 3 saturated heterocycles. The molecule has 8 rings (SSSR count). The van der Waals surface area contributed by atoms with Crippen molar-refractivity contribution in [3.8, 4) is 33.8 Å². The Morgan fingerprint density at radius 2 is 1.31 bits per heavy atom. The Bertz CT molecular complexity index is 2370. The van der Waals surface area contributed by atoms with Crippen molar-refractivity contribution in [1.29, 1.82) is 0 Å². The Morgan fingerprint density at radius 3 is 1.93 bits per heavy atom. The van der Waals surface area contributed by atoms with E-state index in [2.05, 4.69) is 31.7 Å². The first kappa shape index (κ1) is 41.4. The van der Waals surface area contributed by atoms with E-state index < -0.39 is 24.3 Å². The number of amides is 4. The van der Waals surface area contributed by atoms with Crippen LogP contribution in [0, 0.1) is 11.8 Å². The molecule has 320 valence electrons. The molecule has 0 aliphatic carbocycles. The fourth-order valence-corrected chi connectivity index (χ4v) is 8.76. The fourth-order valence-electron chi connectivity index (χ4n) is 8.76. The molecule has 1 aromatic carbocycles. The number of aromatic nitrogens is 6. The molecule has 4 aromatic heterocycles. The normalized spacial score (nSPS) is 19.2. The van der Waals surface area contributed by atoms with Crippen molar-refractivity contribution in [1.82, 2.24) is 50.3 Å². The van der Waals surface area contributed by atoms with Crippen LogP contribution in [0.5, 0.6) is 0 Å². The summed E-state index contributed by atoms with van der Waals surface area (Å²) in [5, 5.41) is 6.44. The van der Waals surface area contributed by atoms with Gasteiger partial charge in [-0.05, 0) is 74.6 Å². The molecule has 61 heavy (non-hydrogen) atoms. The lowest BCUT2D eigenvalue weighted by Gasteiger charge is -2.34. The first-order chi connectivity index (χ1) is 29.6. The largest absolute Gasteiger partial charge is 0.453 e. The summed E-state index contributed by atoms with van der Waals surface area (Å²) in [5.41, 5.74) is 5.83. The Labute approximate surface area is 353 Å². The van der Waals surface area contributed by atoms with Crippen LogP contribution in [-0.4, -0.2) is 116 Å². The summed E-state index contributed by atoms with van der Waals surface area (Å²) in [6, 6.07) is 10.2. The lowest BCUT2D eigenvalue weighted by Crippen LogP contribution is -2.53. The van der Waals surface area contributed by atoms with Crippen molar-refractivity contribution >= 4 is 34.9 Å². The predicted octanol–water partition coefficient (Wildman–Crippen LogP) is 5.94. The average Bonchev–Trinajstić information content (AvgIpc) is 4.14. The highest BCUT2D eigenvalue weighted by molar-refractivity contribution is 5.88. The summed E-state index contributed by atoms with van der Waals surface area (Å²) in [7, 11) is 2.59. The van der Waals surface area contributed by atoms with Crippen molar-refractivity contribution in [2.45, 2.75) is 76.5 Å². The molecule has 0 unspecified atom stereocenters. The zero-order chi connectivity index (χ0) is 42.6. The van der Waals surface area contributed by atoms with Crippen molar-refractivity contribution in [2.75, 3.05) is 40.5 Å². The van der Waals surface area contributed by atoms with Crippen molar-refractivity contribution in [3.63, 3.8) is 0 Å². The van der Waals surface area contributed by atoms with Gasteiger partial charge in [0.25, 0.3) is 0 Å². The molecule has 0 radical (unpaired) electrons. The van der Waals surface area contributed by atoms with Crippen LogP contribution in [0.4, 0.5) is 9.59 Å². The minimum absolute atomic E-state index is 0.0386. The van der Waals surface area contributed by atoms with E-state index >= 15 is 0 Å². The summed E-state index contributed by atoms with van der Waals surface area (Å²) >= 11 is 0. The van der Waals surface area contributed by atoms with E-state index in [1.807, 2.05) is 55.3 Å². The Morgan fingerprint density at radius 1 is 0.705 bits per heavy atom. The maximum Gasteiger partial charge on any atom is 0.407 e. The van der Waals surface area contributed by atoms with Gasteiger partial charge in [-0.15, -0.1) is 0 Å². The third-order valence-electron chi connectivity index (χ3n) is 12.1. The molecule has 4 atom stereocenters. The van der Waals surface area contributed by atoms with Gasteiger partial charge in [0.15, 0.2) is 0 Å². The van der Waals surface area contributed by atoms with Crippen LogP contribution in [0.2, 0.25) is 0 Å². The SMILES string of the molecule is COC(=O)N[C@H](C(=O)N1CCC[C@H]1c1ncc(-c2cnc3cc(-c4ccc(-c5cnc([C@@H]6CCCN6C(=O)[C@@H](NC(=O)OC)C6CCOCC6)[nH]5)cn4)ccc3c2)[nH]1)C(C)C. The Hall–Kier alpha value is -6.36. The summed E-state index contributed by atoms with van der Waals surface area (Å²) < 4.78 is 15.1. The number of pyridine rings is 2. The highest BCUT2D eigenvalue weighted by atomic mass is 16.5. The Balaban J connectivity index is 0.935. The number of alkyl carbamates (subject to hydrolysis) is 2. The molecular formula is C44H52N10O7. The topological polar surface area (TPSA) is 210 Å². The predicted molar refractivity (Wildman–Crippen MR) is 225 cm³/mol. The maximum absolute atomic E-state index is 14.0. The summed E-state index contributed by atoms with van der Waals surface area (Å²) in [5.74, 6) is 0.944. The first-order valence-electron chi connectivity index (χ1n) is 21.0. The highest BCUT2D eigenvalue weighted by Crippen LogP contribution is 2.36. The molecule has 3 fully saturated rings. The molecule has 3 aliphatic heterocycles. The van der Waals surface area contributed by atoms with E-state index in [1.54, 1.807) is 23.5 Å². The smallest absolute Gasteiger partial charge is 0.407 e. The number of aromatic amines is 2. The van der Waals surface area contributed by atoms with Gasteiger partial charge >= 0.3 is 12.2 Å². The van der Waals surface area contributed by atoms with Crippen LogP contribution < -0.4 is 10.6 Å². The molecule has 4 amide bonds. The molecule has 0 spiro atoms. The molecule has 0 saturated carbocycles. The minimum atomic E-state index is -0.704. The zero-order valence-electron chi connectivity index (χ0n) is 34.8. The number of likely N-dealkylation sites (tertiary alicyclic amines) is 2. The van der Waals surface area contributed by atoms with Crippen molar-refractivity contribution in [3.05, 3.63) is 72.8 Å². The number of fused-ring (bicyclic) bond motifs is 1. The Kier molecular flexibility index (Phi) is 12.3.